The monoisotopic (exact) mass is 473 g/mol. The fourth-order valence-corrected chi connectivity index (χ4v) is 5.90. The van der Waals surface area contributed by atoms with Gasteiger partial charge in [-0.1, -0.05) is 54.6 Å². The van der Waals surface area contributed by atoms with Crippen LogP contribution in [0.4, 0.5) is 13.6 Å². The van der Waals surface area contributed by atoms with Crippen LogP contribution in [-0.2, 0) is 4.74 Å². The number of halogens is 2. The molecule has 0 saturated carbocycles. The van der Waals surface area contributed by atoms with Gasteiger partial charge in [-0.05, 0) is 64.8 Å². The number of fused-ring (bicyclic) bond motifs is 5. The highest BCUT2D eigenvalue weighted by atomic mass is 19.2. The van der Waals surface area contributed by atoms with E-state index in [1.165, 1.54) is 41.5 Å². The summed E-state index contributed by atoms with van der Waals surface area (Å²) in [7, 11) is 1.32. The van der Waals surface area contributed by atoms with E-state index >= 15 is 0 Å². The first kappa shape index (κ1) is 21.8. The van der Waals surface area contributed by atoms with Gasteiger partial charge >= 0.3 is 6.09 Å². The first-order chi connectivity index (χ1) is 17.0. The van der Waals surface area contributed by atoms with Gasteiger partial charge in [0.2, 0.25) is 5.82 Å². The van der Waals surface area contributed by atoms with Gasteiger partial charge in [-0.15, -0.1) is 0 Å². The average molecular weight is 474 g/mol. The van der Waals surface area contributed by atoms with Crippen LogP contribution in [0.25, 0.3) is 16.7 Å². The molecule has 6 rings (SSSR count). The minimum Gasteiger partial charge on any atom is -0.494 e. The second kappa shape index (κ2) is 8.52. The van der Waals surface area contributed by atoms with Crippen LogP contribution < -0.4 is 4.74 Å². The smallest absolute Gasteiger partial charge is 0.410 e. The third kappa shape index (κ3) is 3.59. The zero-order valence-electron chi connectivity index (χ0n) is 19.3. The molecule has 2 bridgehead atoms. The van der Waals surface area contributed by atoms with Crippen molar-refractivity contribution in [3.05, 3.63) is 95.1 Å². The number of methoxy groups -OCH3 is 1. The van der Waals surface area contributed by atoms with Crippen LogP contribution in [0, 0.1) is 11.6 Å². The maximum atomic E-state index is 14.1. The molecule has 2 aliphatic heterocycles. The molecule has 35 heavy (non-hydrogen) atoms. The Balaban J connectivity index is 1.21. The number of benzene rings is 3. The van der Waals surface area contributed by atoms with Crippen LogP contribution >= 0.6 is 0 Å². The zero-order valence-corrected chi connectivity index (χ0v) is 19.3. The van der Waals surface area contributed by atoms with Gasteiger partial charge in [0, 0.05) is 12.0 Å². The predicted molar refractivity (Wildman–Crippen MR) is 129 cm³/mol. The molecule has 1 fully saturated rings. The van der Waals surface area contributed by atoms with E-state index in [1.807, 2.05) is 35.2 Å². The highest BCUT2D eigenvalue weighted by Crippen LogP contribution is 2.45. The molecule has 1 amide bonds. The molecule has 178 valence electrons. The first-order valence-electron chi connectivity index (χ1n) is 11.9. The Morgan fingerprint density at radius 1 is 1.00 bits per heavy atom. The molecule has 6 heteroatoms. The third-order valence-electron chi connectivity index (χ3n) is 7.53. The highest BCUT2D eigenvalue weighted by molar-refractivity contribution is 5.79. The van der Waals surface area contributed by atoms with Crippen molar-refractivity contribution in [3.8, 4) is 16.9 Å². The summed E-state index contributed by atoms with van der Waals surface area (Å²) in [5, 5.41) is 0. The Morgan fingerprint density at radius 2 is 1.69 bits per heavy atom. The van der Waals surface area contributed by atoms with Crippen LogP contribution in [-0.4, -0.2) is 36.8 Å². The van der Waals surface area contributed by atoms with E-state index < -0.39 is 11.6 Å². The molecule has 1 saturated heterocycles. The number of carbonyl (C=O) groups is 1. The lowest BCUT2D eigenvalue weighted by molar-refractivity contribution is 0.0866. The molecule has 2 heterocycles. The molecule has 1 aliphatic carbocycles. The lowest BCUT2D eigenvalue weighted by atomic mass is 9.94. The normalized spacial score (nSPS) is 20.3. The van der Waals surface area contributed by atoms with Crippen molar-refractivity contribution in [1.82, 2.24) is 4.90 Å². The van der Waals surface area contributed by atoms with Crippen molar-refractivity contribution < 1.29 is 23.0 Å². The molecule has 0 N–H and O–H groups in total. The van der Waals surface area contributed by atoms with Crippen molar-refractivity contribution in [2.24, 2.45) is 0 Å². The minimum absolute atomic E-state index is 0.00884. The predicted octanol–water partition coefficient (Wildman–Crippen LogP) is 6.54. The maximum Gasteiger partial charge on any atom is 0.410 e. The van der Waals surface area contributed by atoms with Gasteiger partial charge < -0.3 is 9.47 Å². The SMILES string of the molecule is COc1cc(C2=CC3CCC(C2)N3C(=O)OCC2c3ccccc3-c3ccccc32)cc(F)c1F. The topological polar surface area (TPSA) is 38.8 Å². The number of amides is 1. The first-order valence-corrected chi connectivity index (χ1v) is 11.9. The lowest BCUT2D eigenvalue weighted by Gasteiger charge is -2.33. The molecule has 0 aromatic heterocycles. The highest BCUT2D eigenvalue weighted by Gasteiger charge is 2.41. The minimum atomic E-state index is -0.990. The lowest BCUT2D eigenvalue weighted by Crippen LogP contribution is -2.43. The van der Waals surface area contributed by atoms with Gasteiger partial charge in [0.25, 0.3) is 0 Å². The van der Waals surface area contributed by atoms with Crippen molar-refractivity contribution >= 4 is 11.7 Å². The zero-order chi connectivity index (χ0) is 24.1. The Labute approximate surface area is 202 Å². The quantitative estimate of drug-likeness (QED) is 0.432. The molecular formula is C29H25F2NO3. The summed E-state index contributed by atoms with van der Waals surface area (Å²) in [6.45, 7) is 0.278. The third-order valence-corrected chi connectivity index (χ3v) is 7.53. The van der Waals surface area contributed by atoms with Gasteiger partial charge in [-0.3, -0.25) is 4.90 Å². The van der Waals surface area contributed by atoms with E-state index in [-0.39, 0.29) is 36.5 Å². The van der Waals surface area contributed by atoms with Crippen molar-refractivity contribution in [1.29, 1.82) is 0 Å². The average Bonchev–Trinajstić information content (AvgIpc) is 3.34. The molecule has 2 unspecified atom stereocenters. The molecule has 3 aliphatic rings. The molecule has 2 atom stereocenters. The summed E-state index contributed by atoms with van der Waals surface area (Å²) in [4.78, 5) is 15.0. The second-order valence-electron chi connectivity index (χ2n) is 9.38. The van der Waals surface area contributed by atoms with Crippen LogP contribution in [0.5, 0.6) is 5.75 Å². The van der Waals surface area contributed by atoms with E-state index in [0.29, 0.717) is 12.0 Å². The molecule has 0 spiro atoms. The summed E-state index contributed by atoms with van der Waals surface area (Å²) in [6.07, 6.45) is 3.89. The summed E-state index contributed by atoms with van der Waals surface area (Å²) in [6, 6.07) is 19.1. The van der Waals surface area contributed by atoms with Crippen LogP contribution in [0.2, 0.25) is 0 Å². The summed E-state index contributed by atoms with van der Waals surface area (Å²) < 4.78 is 38.9. The van der Waals surface area contributed by atoms with Gasteiger partial charge in [0.05, 0.1) is 13.2 Å². The van der Waals surface area contributed by atoms with E-state index in [9.17, 15) is 13.6 Å². The number of hydrogen-bond donors (Lipinski definition) is 0. The number of hydrogen-bond acceptors (Lipinski definition) is 3. The number of carbonyl (C=O) groups excluding carboxylic acids is 1. The van der Waals surface area contributed by atoms with Crippen molar-refractivity contribution in [3.63, 3.8) is 0 Å². The fourth-order valence-electron chi connectivity index (χ4n) is 5.90. The summed E-state index contributed by atoms with van der Waals surface area (Å²) in [5.74, 6) is -2.04. The summed E-state index contributed by atoms with van der Waals surface area (Å²) >= 11 is 0. The molecular weight excluding hydrogens is 448 g/mol. The number of nitrogens with zero attached hydrogens (tertiary/aromatic N) is 1. The number of rotatable bonds is 4. The van der Waals surface area contributed by atoms with E-state index in [2.05, 4.69) is 24.3 Å². The van der Waals surface area contributed by atoms with Gasteiger partial charge in [-0.2, -0.15) is 4.39 Å². The maximum absolute atomic E-state index is 14.1. The Bertz CT molecular complexity index is 1310. The van der Waals surface area contributed by atoms with Crippen molar-refractivity contribution in [2.75, 3.05) is 13.7 Å². The Morgan fingerprint density at radius 3 is 2.34 bits per heavy atom. The standard InChI is InChI=1S/C29H25F2NO3/c1-34-27-15-18(14-26(30)28(27)31)17-12-19-10-11-20(13-17)32(19)29(33)35-16-25-23-8-4-2-6-21(23)22-7-3-5-9-24(22)25/h2-9,12,14-15,19-20,25H,10-11,13,16H2,1H3. The number of ether oxygens (including phenoxy) is 2. The molecule has 0 radical (unpaired) electrons. The van der Waals surface area contributed by atoms with Crippen LogP contribution in [0.3, 0.4) is 0 Å². The van der Waals surface area contributed by atoms with E-state index in [1.54, 1.807) is 0 Å². The Kier molecular flexibility index (Phi) is 5.32. The van der Waals surface area contributed by atoms with E-state index in [0.717, 1.165) is 18.4 Å². The van der Waals surface area contributed by atoms with Gasteiger partial charge in [0.1, 0.15) is 6.61 Å². The summed E-state index contributed by atoms with van der Waals surface area (Å²) in [5.41, 5.74) is 6.23. The van der Waals surface area contributed by atoms with Crippen molar-refractivity contribution in [2.45, 2.75) is 37.3 Å². The van der Waals surface area contributed by atoms with Gasteiger partial charge in [-0.25, -0.2) is 9.18 Å². The molecule has 3 aromatic rings. The van der Waals surface area contributed by atoms with Crippen LogP contribution in [0.1, 0.15) is 41.9 Å². The Hall–Kier alpha value is -3.67. The van der Waals surface area contributed by atoms with Crippen LogP contribution in [0.15, 0.2) is 66.7 Å². The molecule has 3 aromatic carbocycles. The van der Waals surface area contributed by atoms with E-state index in [4.69, 9.17) is 9.47 Å². The molecule has 4 nitrogen and oxygen atoms in total. The van der Waals surface area contributed by atoms with Gasteiger partial charge in [0.15, 0.2) is 11.6 Å². The largest absolute Gasteiger partial charge is 0.494 e. The fraction of sp³-hybridized carbons (Fsp3) is 0.276. The second-order valence-corrected chi connectivity index (χ2v) is 9.38.